The van der Waals surface area contributed by atoms with E-state index in [4.69, 9.17) is 0 Å². The Labute approximate surface area is 124 Å². The number of carbonyl (C=O) groups is 1. The standard InChI is InChI=1S/C14H19NO3S2/c1-11-2-4-12(5-3-11)8-15-14(16)9-19-13-6-7-20(17,18)10-13/h2-5,13H,6-10H2,1H3,(H,15,16)/t13-/m0/s1. The van der Waals surface area contributed by atoms with Gasteiger partial charge in [-0.05, 0) is 18.9 Å². The molecule has 1 saturated heterocycles. The number of hydrogen-bond donors (Lipinski definition) is 1. The molecule has 1 N–H and O–H groups in total. The van der Waals surface area contributed by atoms with E-state index in [0.29, 0.717) is 18.7 Å². The van der Waals surface area contributed by atoms with E-state index in [1.54, 1.807) is 0 Å². The summed E-state index contributed by atoms with van der Waals surface area (Å²) in [5, 5.41) is 2.93. The Hall–Kier alpha value is -1.01. The number of amides is 1. The van der Waals surface area contributed by atoms with Gasteiger partial charge in [0, 0.05) is 11.8 Å². The molecule has 0 bridgehead atoms. The fourth-order valence-corrected chi connectivity index (χ4v) is 5.52. The van der Waals surface area contributed by atoms with Gasteiger partial charge in [0.2, 0.25) is 5.91 Å². The van der Waals surface area contributed by atoms with E-state index >= 15 is 0 Å². The third-order valence-corrected chi connectivity index (χ3v) is 6.53. The minimum atomic E-state index is -2.86. The maximum Gasteiger partial charge on any atom is 0.230 e. The Bertz CT molecular complexity index is 567. The van der Waals surface area contributed by atoms with Gasteiger partial charge in [0.25, 0.3) is 0 Å². The van der Waals surface area contributed by atoms with E-state index in [1.807, 2.05) is 31.2 Å². The largest absolute Gasteiger partial charge is 0.351 e. The first-order valence-electron chi connectivity index (χ1n) is 6.59. The van der Waals surface area contributed by atoms with Gasteiger partial charge in [-0.25, -0.2) is 8.42 Å². The summed E-state index contributed by atoms with van der Waals surface area (Å²) in [6.45, 7) is 2.54. The fourth-order valence-electron chi connectivity index (χ4n) is 2.04. The molecule has 2 rings (SSSR count). The molecule has 0 saturated carbocycles. The molecule has 4 nitrogen and oxygen atoms in total. The van der Waals surface area contributed by atoms with Crippen molar-refractivity contribution in [1.82, 2.24) is 5.32 Å². The lowest BCUT2D eigenvalue weighted by atomic mass is 10.1. The second-order valence-electron chi connectivity index (χ2n) is 5.10. The van der Waals surface area contributed by atoms with Crippen LogP contribution in [-0.2, 0) is 21.2 Å². The van der Waals surface area contributed by atoms with Crippen LogP contribution in [0.2, 0.25) is 0 Å². The molecule has 1 aromatic carbocycles. The highest BCUT2D eigenvalue weighted by Crippen LogP contribution is 2.23. The lowest BCUT2D eigenvalue weighted by molar-refractivity contribution is -0.118. The number of carbonyl (C=O) groups excluding carboxylic acids is 1. The molecule has 110 valence electrons. The Morgan fingerprint density at radius 2 is 2.05 bits per heavy atom. The molecule has 20 heavy (non-hydrogen) atoms. The maximum atomic E-state index is 11.7. The lowest BCUT2D eigenvalue weighted by Crippen LogP contribution is -2.25. The summed E-state index contributed by atoms with van der Waals surface area (Å²) in [5.41, 5.74) is 2.26. The van der Waals surface area contributed by atoms with Crippen molar-refractivity contribution >= 4 is 27.5 Å². The predicted octanol–water partition coefficient (Wildman–Crippen LogP) is 1.53. The monoisotopic (exact) mass is 313 g/mol. The Morgan fingerprint density at radius 3 is 2.65 bits per heavy atom. The Balaban J connectivity index is 1.69. The lowest BCUT2D eigenvalue weighted by Gasteiger charge is -2.08. The third-order valence-electron chi connectivity index (χ3n) is 3.25. The van der Waals surface area contributed by atoms with Crippen LogP contribution in [0.5, 0.6) is 0 Å². The van der Waals surface area contributed by atoms with E-state index in [9.17, 15) is 13.2 Å². The molecular formula is C14H19NO3S2. The van der Waals surface area contributed by atoms with Crippen LogP contribution in [0.25, 0.3) is 0 Å². The maximum absolute atomic E-state index is 11.7. The Morgan fingerprint density at radius 1 is 1.35 bits per heavy atom. The number of thioether (sulfide) groups is 1. The zero-order valence-corrected chi connectivity index (χ0v) is 13.1. The van der Waals surface area contributed by atoms with Gasteiger partial charge in [0.1, 0.15) is 0 Å². The van der Waals surface area contributed by atoms with Crippen molar-refractivity contribution in [3.05, 3.63) is 35.4 Å². The molecule has 1 atom stereocenters. The molecule has 6 heteroatoms. The first-order chi connectivity index (χ1) is 9.44. The third kappa shape index (κ3) is 4.83. The topological polar surface area (TPSA) is 63.2 Å². The summed E-state index contributed by atoms with van der Waals surface area (Å²) in [4.78, 5) is 11.7. The molecular weight excluding hydrogens is 294 g/mol. The second-order valence-corrected chi connectivity index (χ2v) is 8.62. The molecule has 1 fully saturated rings. The smallest absolute Gasteiger partial charge is 0.230 e. The van der Waals surface area contributed by atoms with E-state index in [-0.39, 0.29) is 22.7 Å². The number of sulfone groups is 1. The SMILES string of the molecule is Cc1ccc(CNC(=O)CS[C@H]2CCS(=O)(=O)C2)cc1. The summed E-state index contributed by atoms with van der Waals surface area (Å²) in [6.07, 6.45) is 0.665. The van der Waals surface area contributed by atoms with Crippen LogP contribution < -0.4 is 5.32 Å². The van der Waals surface area contributed by atoms with Crippen LogP contribution in [-0.4, -0.2) is 36.8 Å². The van der Waals surface area contributed by atoms with Crippen LogP contribution >= 0.6 is 11.8 Å². The number of nitrogens with one attached hydrogen (secondary N) is 1. The predicted molar refractivity (Wildman–Crippen MR) is 82.5 cm³/mol. The van der Waals surface area contributed by atoms with Gasteiger partial charge >= 0.3 is 0 Å². The number of hydrogen-bond acceptors (Lipinski definition) is 4. The molecule has 1 heterocycles. The second kappa shape index (κ2) is 6.63. The van der Waals surface area contributed by atoms with Crippen molar-refractivity contribution in [3.8, 4) is 0 Å². The average Bonchev–Trinajstić information content (AvgIpc) is 2.75. The number of rotatable bonds is 5. The molecule has 1 aromatic rings. The van der Waals surface area contributed by atoms with Gasteiger partial charge in [0.15, 0.2) is 9.84 Å². The zero-order valence-electron chi connectivity index (χ0n) is 11.5. The zero-order chi connectivity index (χ0) is 14.6. The number of aryl methyl sites for hydroxylation is 1. The minimum Gasteiger partial charge on any atom is -0.351 e. The normalized spacial score (nSPS) is 20.8. The first-order valence-corrected chi connectivity index (χ1v) is 9.46. The summed E-state index contributed by atoms with van der Waals surface area (Å²) in [6, 6.07) is 8.01. The van der Waals surface area contributed by atoms with Gasteiger partial charge < -0.3 is 5.32 Å². The van der Waals surface area contributed by atoms with Crippen LogP contribution in [0.3, 0.4) is 0 Å². The molecule has 0 aliphatic carbocycles. The van der Waals surface area contributed by atoms with Crippen LogP contribution in [0.4, 0.5) is 0 Å². The van der Waals surface area contributed by atoms with Gasteiger partial charge in [-0.2, -0.15) is 0 Å². The van der Waals surface area contributed by atoms with Gasteiger partial charge in [0.05, 0.1) is 17.3 Å². The van der Waals surface area contributed by atoms with Crippen molar-refractivity contribution in [1.29, 1.82) is 0 Å². The minimum absolute atomic E-state index is 0.0418. The van der Waals surface area contributed by atoms with Crippen molar-refractivity contribution < 1.29 is 13.2 Å². The highest BCUT2D eigenvalue weighted by Gasteiger charge is 2.28. The van der Waals surface area contributed by atoms with Crippen LogP contribution in [0, 0.1) is 6.92 Å². The molecule has 1 aliphatic rings. The van der Waals surface area contributed by atoms with E-state index < -0.39 is 9.84 Å². The summed E-state index contributed by atoms with van der Waals surface area (Å²) in [5.74, 6) is 0.754. The van der Waals surface area contributed by atoms with Crippen molar-refractivity contribution in [2.45, 2.75) is 25.1 Å². The van der Waals surface area contributed by atoms with Crippen LogP contribution in [0.15, 0.2) is 24.3 Å². The summed E-state index contributed by atoms with van der Waals surface area (Å²) in [7, 11) is -2.86. The first kappa shape index (κ1) is 15.4. The molecule has 0 unspecified atom stereocenters. The van der Waals surface area contributed by atoms with Crippen molar-refractivity contribution in [3.63, 3.8) is 0 Å². The molecule has 0 radical (unpaired) electrons. The van der Waals surface area contributed by atoms with Crippen LogP contribution in [0.1, 0.15) is 17.5 Å². The summed E-state index contributed by atoms with van der Waals surface area (Å²) >= 11 is 1.44. The van der Waals surface area contributed by atoms with Gasteiger partial charge in [-0.1, -0.05) is 29.8 Å². The highest BCUT2D eigenvalue weighted by atomic mass is 32.2. The van der Waals surface area contributed by atoms with Crippen molar-refractivity contribution in [2.24, 2.45) is 0 Å². The van der Waals surface area contributed by atoms with Gasteiger partial charge in [-0.3, -0.25) is 4.79 Å². The van der Waals surface area contributed by atoms with E-state index in [2.05, 4.69) is 5.32 Å². The summed E-state index contributed by atoms with van der Waals surface area (Å²) < 4.78 is 22.6. The quantitative estimate of drug-likeness (QED) is 0.895. The van der Waals surface area contributed by atoms with E-state index in [0.717, 1.165) is 5.56 Å². The van der Waals surface area contributed by atoms with Gasteiger partial charge in [-0.15, -0.1) is 11.8 Å². The number of benzene rings is 1. The molecule has 1 amide bonds. The molecule has 0 aromatic heterocycles. The molecule has 1 aliphatic heterocycles. The highest BCUT2D eigenvalue weighted by molar-refractivity contribution is 8.02. The van der Waals surface area contributed by atoms with E-state index in [1.165, 1.54) is 17.3 Å². The average molecular weight is 313 g/mol. The Kier molecular flexibility index (Phi) is 5.10. The fraction of sp³-hybridized carbons (Fsp3) is 0.500. The van der Waals surface area contributed by atoms with Crippen molar-refractivity contribution in [2.75, 3.05) is 17.3 Å². The molecule has 0 spiro atoms.